The first-order valence-corrected chi connectivity index (χ1v) is 49.0. The van der Waals surface area contributed by atoms with Crippen LogP contribution in [0.2, 0.25) is 0 Å². The van der Waals surface area contributed by atoms with Crippen molar-refractivity contribution in [2.45, 2.75) is 0 Å². The second-order valence-electron chi connectivity index (χ2n) is 1.09. The molecule has 0 aromatic carbocycles. The summed E-state index contributed by atoms with van der Waals surface area (Å²) in [6.07, 6.45) is 0. The normalized spacial score (nSPS) is 9.60. The van der Waals surface area contributed by atoms with Crippen LogP contribution in [0.15, 0.2) is 0 Å². The van der Waals surface area contributed by atoms with Gasteiger partial charge in [-0.05, 0) is 0 Å². The van der Waals surface area contributed by atoms with E-state index in [0.717, 1.165) is 46.5 Å². The minimum atomic E-state index is 0.660. The fraction of sp³-hybridized carbons (Fsp3) is 0. The van der Waals surface area contributed by atoms with Crippen LogP contribution in [0.5, 0.6) is 0 Å². The van der Waals surface area contributed by atoms with Crippen molar-refractivity contribution in [1.29, 1.82) is 0 Å². The SMILES string of the molecule is [Ga]1=[Ga][GaH][Ga]=[Ga]1. The molecule has 0 radical (unpaired) electrons. The second kappa shape index (κ2) is 4.10. The average molecular weight is 350 g/mol. The maximum atomic E-state index is 0.906. The van der Waals surface area contributed by atoms with Crippen molar-refractivity contribution in [2.75, 3.05) is 0 Å². The molecule has 0 spiro atoms. The summed E-state index contributed by atoms with van der Waals surface area (Å²) in [4.78, 5) is 0. The van der Waals surface area contributed by atoms with E-state index in [-0.39, 0.29) is 0 Å². The fourth-order valence-corrected chi connectivity index (χ4v) is 1490. The summed E-state index contributed by atoms with van der Waals surface area (Å²) in [5.41, 5.74) is 0. The molecule has 0 aromatic heterocycles. The summed E-state index contributed by atoms with van der Waals surface area (Å²) < 4.78 is 0. The summed E-state index contributed by atoms with van der Waals surface area (Å²) in [5.74, 6) is 0. The van der Waals surface area contributed by atoms with Gasteiger partial charge in [0, 0.05) is 0 Å². The second-order valence-corrected chi connectivity index (χ2v) is 153. The van der Waals surface area contributed by atoms with Gasteiger partial charge in [0.05, 0.1) is 0 Å². The van der Waals surface area contributed by atoms with Gasteiger partial charge < -0.3 is 0 Å². The molecule has 0 N–H and O–H groups in total. The van der Waals surface area contributed by atoms with Gasteiger partial charge >= 0.3 is 58.7 Å². The van der Waals surface area contributed by atoms with Crippen LogP contribution >= 0.6 is 0 Å². The Morgan fingerprint density at radius 1 is 1.00 bits per heavy atom. The van der Waals surface area contributed by atoms with E-state index >= 15 is 0 Å². The Labute approximate surface area is 57.1 Å². The molecule has 0 aromatic rings. The molecule has 1 heterocycles. The van der Waals surface area contributed by atoms with E-state index in [1.165, 1.54) is 0 Å². The van der Waals surface area contributed by atoms with Crippen LogP contribution < -0.4 is 0 Å². The molecule has 0 nitrogen and oxygen atoms in total. The zero-order chi connectivity index (χ0) is 3.54. The van der Waals surface area contributed by atoms with Crippen LogP contribution in [0, 0.1) is 0 Å². The molecule has 5 heteroatoms. The van der Waals surface area contributed by atoms with Gasteiger partial charge in [-0.1, -0.05) is 0 Å². The molecule has 0 amide bonds. The van der Waals surface area contributed by atoms with Crippen molar-refractivity contribution >= 4 is 58.7 Å². The third-order valence-corrected chi connectivity index (χ3v) is 478. The van der Waals surface area contributed by atoms with Crippen molar-refractivity contribution in [3.63, 3.8) is 0 Å². The van der Waals surface area contributed by atoms with Crippen molar-refractivity contribution in [2.24, 2.45) is 0 Å². The predicted octanol–water partition coefficient (Wildman–Crippen LogP) is -2.17. The van der Waals surface area contributed by atoms with Crippen molar-refractivity contribution < 1.29 is 0 Å². The molecule has 0 atom stereocenters. The van der Waals surface area contributed by atoms with Crippen molar-refractivity contribution in [3.05, 3.63) is 0 Å². The van der Waals surface area contributed by atoms with Crippen molar-refractivity contribution in [3.8, 4) is 0 Å². The maximum absolute atomic E-state index is 0.906. The Hall–Kier alpha value is 3.18. The topological polar surface area (TPSA) is 0 Å². The number of rotatable bonds is 0. The van der Waals surface area contributed by atoms with Crippen LogP contribution in [0.3, 0.4) is 0 Å². The van der Waals surface area contributed by atoms with Crippen molar-refractivity contribution in [1.82, 2.24) is 0 Å². The average Bonchev–Trinajstić information content (AvgIpc) is 1.76. The first-order valence-electron chi connectivity index (χ1n) is 1.82. The minimum absolute atomic E-state index is 0.660. The summed E-state index contributed by atoms with van der Waals surface area (Å²) in [7, 11) is 0. The summed E-state index contributed by atoms with van der Waals surface area (Å²) >= 11 is 4.25. The standard InChI is InChI=1S/5Ga.H. The van der Waals surface area contributed by atoms with Crippen LogP contribution in [0.25, 0.3) is 0 Å². The third-order valence-electron chi connectivity index (χ3n) is 0.655. The molecule has 0 fully saturated rings. The molecule has 0 saturated carbocycles. The zero-order valence-electron chi connectivity index (χ0n) is 3.02. The quantitative estimate of drug-likeness (QED) is 0.437. The Morgan fingerprint density at radius 3 is 1.80 bits per heavy atom. The van der Waals surface area contributed by atoms with Gasteiger partial charge in [-0.2, -0.15) is 0 Å². The Morgan fingerprint density at radius 2 is 1.60 bits per heavy atom. The van der Waals surface area contributed by atoms with Crippen LogP contribution in [-0.2, 0) is 0 Å². The summed E-state index contributed by atoms with van der Waals surface area (Å²) in [5, 5.41) is 0. The molecule has 16 valence electrons. The number of hydrogen-bond acceptors (Lipinski definition) is 0. The predicted molar refractivity (Wildman–Crippen MR) is 30.2 cm³/mol. The Bertz CT molecular complexity index is 58.1. The van der Waals surface area contributed by atoms with E-state index in [1.54, 1.807) is 0 Å². The summed E-state index contributed by atoms with van der Waals surface area (Å²) in [6, 6.07) is 0. The molecule has 0 saturated heterocycles. The van der Waals surface area contributed by atoms with Gasteiger partial charge in [0.25, 0.3) is 0 Å². The molecule has 0 bridgehead atoms. The molecule has 1 aliphatic rings. The fourth-order valence-electron chi connectivity index (χ4n) is 0.393. The van der Waals surface area contributed by atoms with Crippen LogP contribution in [0.1, 0.15) is 0 Å². The molecule has 1 rings (SSSR count). The van der Waals surface area contributed by atoms with E-state index in [0.29, 0.717) is 12.2 Å². The van der Waals surface area contributed by atoms with Crippen LogP contribution in [0.4, 0.5) is 0 Å². The van der Waals surface area contributed by atoms with Crippen LogP contribution in [-0.4, -0.2) is 58.7 Å². The molecular formula is HGa5. The molecule has 0 aliphatic carbocycles. The molecular weight excluding hydrogens is 349 g/mol. The van der Waals surface area contributed by atoms with E-state index < -0.39 is 0 Å². The van der Waals surface area contributed by atoms with E-state index in [9.17, 15) is 0 Å². The Kier molecular flexibility index (Phi) is 5.17. The first kappa shape index (κ1) is 6.30. The van der Waals surface area contributed by atoms with Gasteiger partial charge in [-0.3, -0.25) is 0 Å². The van der Waals surface area contributed by atoms with Gasteiger partial charge in [0.15, 0.2) is 0 Å². The first-order chi connectivity index (χ1) is 2.50. The van der Waals surface area contributed by atoms with E-state index in [4.69, 9.17) is 0 Å². The summed E-state index contributed by atoms with van der Waals surface area (Å²) in [6.45, 7) is 0. The molecule has 0 unspecified atom stereocenters. The zero-order valence-corrected chi connectivity index (χ0v) is 15.7. The van der Waals surface area contributed by atoms with Gasteiger partial charge in [0.2, 0.25) is 0 Å². The third kappa shape index (κ3) is 2.88. The van der Waals surface area contributed by atoms with Gasteiger partial charge in [-0.25, -0.2) is 0 Å². The van der Waals surface area contributed by atoms with E-state index in [2.05, 4.69) is 0 Å². The molecule has 5 heavy (non-hydrogen) atoms. The van der Waals surface area contributed by atoms with E-state index in [1.807, 2.05) is 0 Å². The molecule has 1 aliphatic heterocycles. The number of hydrogen-bond donors (Lipinski definition) is 0. The van der Waals surface area contributed by atoms with Gasteiger partial charge in [0.1, 0.15) is 0 Å². The van der Waals surface area contributed by atoms with Gasteiger partial charge in [-0.15, -0.1) is 0 Å². The Balaban J connectivity index is 2.61. The monoisotopic (exact) mass is 346 g/mol.